The second-order valence-electron chi connectivity index (χ2n) is 8.47. The number of ether oxygens (including phenoxy) is 1. The quantitative estimate of drug-likeness (QED) is 0.833. The number of thiophene rings is 1. The van der Waals surface area contributed by atoms with Crippen molar-refractivity contribution in [2.24, 2.45) is 13.0 Å². The molecule has 2 aliphatic heterocycles. The number of fused-ring (bicyclic) bond motifs is 1. The van der Waals surface area contributed by atoms with Crippen molar-refractivity contribution < 1.29 is 14.3 Å². The average Bonchev–Trinajstić information content (AvgIpc) is 3.29. The molecule has 1 saturated carbocycles. The molecule has 0 bridgehead atoms. The van der Waals surface area contributed by atoms with Crippen LogP contribution in [0.2, 0.25) is 0 Å². The molecule has 4 heterocycles. The third kappa shape index (κ3) is 3.59. The van der Waals surface area contributed by atoms with Crippen LogP contribution >= 0.6 is 11.3 Å². The van der Waals surface area contributed by atoms with Crippen LogP contribution in [0.15, 0.2) is 17.5 Å². The molecule has 7 nitrogen and oxygen atoms in total. The molecule has 1 N–H and O–H groups in total. The zero-order valence-corrected chi connectivity index (χ0v) is 17.5. The van der Waals surface area contributed by atoms with Crippen molar-refractivity contribution in [3.05, 3.63) is 39.3 Å². The second-order valence-corrected chi connectivity index (χ2v) is 9.42. The highest BCUT2D eigenvalue weighted by Crippen LogP contribution is 2.37. The van der Waals surface area contributed by atoms with E-state index in [4.69, 9.17) is 4.74 Å². The Hall–Kier alpha value is -2.19. The number of likely N-dealkylation sites (tertiary alicyclic amines) is 1. The first kappa shape index (κ1) is 18.8. The minimum Gasteiger partial charge on any atom is -0.370 e. The van der Waals surface area contributed by atoms with Crippen molar-refractivity contribution in [1.82, 2.24) is 20.0 Å². The Labute approximate surface area is 174 Å². The van der Waals surface area contributed by atoms with E-state index in [0.29, 0.717) is 31.3 Å². The maximum atomic E-state index is 12.6. The van der Waals surface area contributed by atoms with E-state index in [1.54, 1.807) is 0 Å². The Morgan fingerprint density at radius 3 is 2.83 bits per heavy atom. The van der Waals surface area contributed by atoms with Crippen molar-refractivity contribution >= 4 is 23.2 Å². The molecule has 1 aliphatic carbocycles. The second kappa shape index (κ2) is 7.25. The SMILES string of the molecule is Cn1nc(C(=O)NCC2CC2)c2c1CC1(CCN(C(=O)c3cccs3)CC1)OC2. The first-order valence-electron chi connectivity index (χ1n) is 10.3. The molecule has 3 aliphatic rings. The molecular formula is C21H26N4O3S. The van der Waals surface area contributed by atoms with Gasteiger partial charge in [-0.15, -0.1) is 11.3 Å². The lowest BCUT2D eigenvalue weighted by molar-refractivity contribution is -0.0990. The van der Waals surface area contributed by atoms with Crippen LogP contribution in [0.3, 0.4) is 0 Å². The van der Waals surface area contributed by atoms with Crippen LogP contribution in [0.1, 0.15) is 57.1 Å². The van der Waals surface area contributed by atoms with Crippen LogP contribution in [-0.4, -0.2) is 51.7 Å². The summed E-state index contributed by atoms with van der Waals surface area (Å²) in [6.07, 6.45) is 4.76. The van der Waals surface area contributed by atoms with Gasteiger partial charge in [-0.3, -0.25) is 14.3 Å². The standard InChI is InChI=1S/C21H26N4O3S/c1-24-16-11-21(6-8-25(9-7-21)20(27)17-3-2-10-29-17)28-13-15(16)18(23-24)19(26)22-12-14-4-5-14/h2-3,10,14H,4-9,11-13H2,1H3,(H,22,26). The number of aromatic nitrogens is 2. The van der Waals surface area contributed by atoms with Gasteiger partial charge in [0.2, 0.25) is 0 Å². The van der Waals surface area contributed by atoms with E-state index in [2.05, 4.69) is 10.4 Å². The number of carbonyl (C=O) groups is 2. The van der Waals surface area contributed by atoms with E-state index in [0.717, 1.165) is 41.9 Å². The van der Waals surface area contributed by atoms with Gasteiger partial charge in [0.05, 0.1) is 17.1 Å². The summed E-state index contributed by atoms with van der Waals surface area (Å²) in [4.78, 5) is 27.9. The Balaban J connectivity index is 1.26. The molecular weight excluding hydrogens is 388 g/mol. The monoisotopic (exact) mass is 414 g/mol. The van der Waals surface area contributed by atoms with Crippen LogP contribution in [0.4, 0.5) is 0 Å². The molecule has 2 fully saturated rings. The maximum absolute atomic E-state index is 12.6. The number of hydrogen-bond acceptors (Lipinski definition) is 5. The largest absolute Gasteiger partial charge is 0.370 e. The zero-order valence-electron chi connectivity index (χ0n) is 16.6. The lowest BCUT2D eigenvalue weighted by Gasteiger charge is -2.43. The van der Waals surface area contributed by atoms with Crippen molar-refractivity contribution in [1.29, 1.82) is 0 Å². The molecule has 0 atom stereocenters. The summed E-state index contributed by atoms with van der Waals surface area (Å²) >= 11 is 1.49. The summed E-state index contributed by atoms with van der Waals surface area (Å²) in [5.41, 5.74) is 2.24. The smallest absolute Gasteiger partial charge is 0.272 e. The number of nitrogens with zero attached hydrogens (tertiary/aromatic N) is 3. The molecule has 2 amide bonds. The molecule has 1 saturated heterocycles. The highest BCUT2D eigenvalue weighted by molar-refractivity contribution is 7.12. The van der Waals surface area contributed by atoms with Crippen molar-refractivity contribution in [2.75, 3.05) is 19.6 Å². The van der Waals surface area contributed by atoms with Gasteiger partial charge >= 0.3 is 0 Å². The molecule has 29 heavy (non-hydrogen) atoms. The third-order valence-electron chi connectivity index (χ3n) is 6.44. The summed E-state index contributed by atoms with van der Waals surface area (Å²) in [6, 6.07) is 3.79. The van der Waals surface area contributed by atoms with E-state index in [-0.39, 0.29) is 17.4 Å². The molecule has 8 heteroatoms. The summed E-state index contributed by atoms with van der Waals surface area (Å²) in [7, 11) is 1.91. The summed E-state index contributed by atoms with van der Waals surface area (Å²) in [6.45, 7) is 2.54. The van der Waals surface area contributed by atoms with Gasteiger partial charge in [0, 0.05) is 44.4 Å². The van der Waals surface area contributed by atoms with E-state index in [1.807, 2.05) is 34.1 Å². The van der Waals surface area contributed by atoms with Crippen LogP contribution < -0.4 is 5.32 Å². The predicted molar refractivity (Wildman–Crippen MR) is 109 cm³/mol. The first-order chi connectivity index (χ1) is 14.0. The van der Waals surface area contributed by atoms with Gasteiger partial charge in [0.1, 0.15) is 0 Å². The fraction of sp³-hybridized carbons (Fsp3) is 0.571. The first-order valence-corrected chi connectivity index (χ1v) is 11.2. The van der Waals surface area contributed by atoms with Crippen LogP contribution in [0.25, 0.3) is 0 Å². The molecule has 154 valence electrons. The number of rotatable bonds is 4. The van der Waals surface area contributed by atoms with Gasteiger partial charge in [-0.2, -0.15) is 5.10 Å². The number of amides is 2. The van der Waals surface area contributed by atoms with E-state index in [9.17, 15) is 9.59 Å². The van der Waals surface area contributed by atoms with E-state index >= 15 is 0 Å². The topological polar surface area (TPSA) is 76.5 Å². The molecule has 2 aromatic rings. The summed E-state index contributed by atoms with van der Waals surface area (Å²) < 4.78 is 8.17. The Kier molecular flexibility index (Phi) is 4.70. The Morgan fingerprint density at radius 2 is 2.14 bits per heavy atom. The molecule has 5 rings (SSSR count). The van der Waals surface area contributed by atoms with Crippen molar-refractivity contribution in [2.45, 2.75) is 44.3 Å². The highest BCUT2D eigenvalue weighted by Gasteiger charge is 2.42. The maximum Gasteiger partial charge on any atom is 0.272 e. The van der Waals surface area contributed by atoms with E-state index < -0.39 is 0 Å². The Bertz CT molecular complexity index is 924. The predicted octanol–water partition coefficient (Wildman–Crippen LogP) is 2.37. The van der Waals surface area contributed by atoms with Gasteiger partial charge in [-0.05, 0) is 43.0 Å². The zero-order chi connectivity index (χ0) is 20.0. The molecule has 0 radical (unpaired) electrons. The minimum absolute atomic E-state index is 0.0929. The van der Waals surface area contributed by atoms with Gasteiger partial charge < -0.3 is 15.0 Å². The number of piperidine rings is 1. The highest BCUT2D eigenvalue weighted by atomic mass is 32.1. The van der Waals surface area contributed by atoms with Gasteiger partial charge in [0.15, 0.2) is 5.69 Å². The van der Waals surface area contributed by atoms with Crippen LogP contribution in [-0.2, 0) is 24.8 Å². The van der Waals surface area contributed by atoms with Crippen LogP contribution in [0, 0.1) is 5.92 Å². The number of hydrogen-bond donors (Lipinski definition) is 1. The number of nitrogens with one attached hydrogen (secondary N) is 1. The number of aryl methyl sites for hydroxylation is 1. The summed E-state index contributed by atoms with van der Waals surface area (Å²) in [5, 5.41) is 9.46. The average molecular weight is 415 g/mol. The summed E-state index contributed by atoms with van der Waals surface area (Å²) in [5.74, 6) is 0.659. The fourth-order valence-electron chi connectivity index (χ4n) is 4.38. The van der Waals surface area contributed by atoms with Crippen molar-refractivity contribution in [3.8, 4) is 0 Å². The third-order valence-corrected chi connectivity index (χ3v) is 7.30. The molecule has 2 aromatic heterocycles. The lowest BCUT2D eigenvalue weighted by Crippen LogP contribution is -2.50. The number of carbonyl (C=O) groups excluding carboxylic acids is 2. The van der Waals surface area contributed by atoms with Crippen molar-refractivity contribution in [3.63, 3.8) is 0 Å². The normalized spacial score (nSPS) is 20.5. The molecule has 1 spiro atoms. The fourth-order valence-corrected chi connectivity index (χ4v) is 5.07. The van der Waals surface area contributed by atoms with Crippen LogP contribution in [0.5, 0.6) is 0 Å². The van der Waals surface area contributed by atoms with Gasteiger partial charge in [-0.25, -0.2) is 0 Å². The van der Waals surface area contributed by atoms with Gasteiger partial charge in [-0.1, -0.05) is 6.07 Å². The minimum atomic E-state index is -0.269. The molecule has 0 aromatic carbocycles. The lowest BCUT2D eigenvalue weighted by atomic mass is 9.83. The van der Waals surface area contributed by atoms with E-state index in [1.165, 1.54) is 24.2 Å². The molecule has 0 unspecified atom stereocenters. The Morgan fingerprint density at radius 1 is 1.34 bits per heavy atom. The van der Waals surface area contributed by atoms with Gasteiger partial charge in [0.25, 0.3) is 11.8 Å².